The molecule has 2 aliphatic heterocycles. The van der Waals surface area contributed by atoms with Crippen molar-refractivity contribution in [2.24, 2.45) is 5.92 Å². The zero-order chi connectivity index (χ0) is 19.2. The van der Waals surface area contributed by atoms with Crippen LogP contribution in [-0.4, -0.2) is 55.8 Å². The van der Waals surface area contributed by atoms with Gasteiger partial charge in [-0.3, -0.25) is 4.90 Å². The van der Waals surface area contributed by atoms with Gasteiger partial charge in [-0.05, 0) is 56.5 Å². The Hall–Kier alpha value is -2.11. The van der Waals surface area contributed by atoms with E-state index in [4.69, 9.17) is 4.74 Å². The number of benzene rings is 1. The second-order valence-corrected chi connectivity index (χ2v) is 8.09. The van der Waals surface area contributed by atoms with Crippen LogP contribution in [0.1, 0.15) is 24.0 Å². The molecule has 0 bridgehead atoms. The van der Waals surface area contributed by atoms with Gasteiger partial charge in [0.15, 0.2) is 0 Å². The highest BCUT2D eigenvalue weighted by Gasteiger charge is 2.19. The van der Waals surface area contributed by atoms with Gasteiger partial charge in [0.25, 0.3) is 0 Å². The van der Waals surface area contributed by atoms with Gasteiger partial charge in [-0.1, -0.05) is 29.8 Å². The molecule has 0 saturated carbocycles. The van der Waals surface area contributed by atoms with Gasteiger partial charge >= 0.3 is 0 Å². The number of nitrogens with one attached hydrogen (secondary N) is 1. The summed E-state index contributed by atoms with van der Waals surface area (Å²) in [6.45, 7) is 10.1. The average molecular weight is 381 g/mol. The highest BCUT2D eigenvalue weighted by atomic mass is 16.5. The van der Waals surface area contributed by atoms with Crippen molar-refractivity contribution in [2.45, 2.75) is 26.3 Å². The molecule has 1 aromatic heterocycles. The molecule has 1 aromatic carbocycles. The number of aryl methyl sites for hydroxylation is 1. The number of nitrogens with zero attached hydrogens (tertiary/aromatic N) is 3. The van der Waals surface area contributed by atoms with Crippen LogP contribution in [0.3, 0.4) is 0 Å². The fourth-order valence-electron chi connectivity index (χ4n) is 4.03. The Morgan fingerprint density at radius 3 is 2.43 bits per heavy atom. The zero-order valence-corrected chi connectivity index (χ0v) is 16.9. The largest absolute Gasteiger partial charge is 0.384 e. The maximum absolute atomic E-state index is 5.41. The SMILES string of the molecule is Cc1ccc(CN2CCC(CNc3ccc(N4CCOCC4)nc3)CC2)cc1. The molecule has 150 valence electrons. The zero-order valence-electron chi connectivity index (χ0n) is 16.9. The van der Waals surface area contributed by atoms with Crippen LogP contribution in [0.4, 0.5) is 11.5 Å². The summed E-state index contributed by atoms with van der Waals surface area (Å²) < 4.78 is 5.41. The van der Waals surface area contributed by atoms with Crippen molar-refractivity contribution in [2.75, 3.05) is 56.2 Å². The normalized spacial score (nSPS) is 19.0. The van der Waals surface area contributed by atoms with E-state index in [0.29, 0.717) is 0 Å². The molecule has 0 amide bonds. The predicted molar refractivity (Wildman–Crippen MR) is 115 cm³/mol. The van der Waals surface area contributed by atoms with Crippen LogP contribution in [-0.2, 0) is 11.3 Å². The van der Waals surface area contributed by atoms with E-state index in [1.165, 1.54) is 37.1 Å². The van der Waals surface area contributed by atoms with Crippen molar-refractivity contribution in [3.8, 4) is 0 Å². The molecular formula is C23H32N4O. The number of rotatable bonds is 6. The number of anilines is 2. The summed E-state index contributed by atoms with van der Waals surface area (Å²) in [6, 6.07) is 13.2. The maximum Gasteiger partial charge on any atom is 0.128 e. The first-order valence-electron chi connectivity index (χ1n) is 10.6. The molecule has 5 heteroatoms. The third-order valence-electron chi connectivity index (χ3n) is 5.91. The Morgan fingerprint density at radius 1 is 1.00 bits per heavy atom. The Bertz CT molecular complexity index is 717. The van der Waals surface area contributed by atoms with E-state index in [0.717, 1.165) is 56.8 Å². The van der Waals surface area contributed by atoms with Crippen molar-refractivity contribution in [3.05, 3.63) is 53.7 Å². The third-order valence-corrected chi connectivity index (χ3v) is 5.91. The van der Waals surface area contributed by atoms with E-state index in [-0.39, 0.29) is 0 Å². The molecule has 28 heavy (non-hydrogen) atoms. The summed E-state index contributed by atoms with van der Waals surface area (Å²) in [4.78, 5) is 9.50. The predicted octanol–water partition coefficient (Wildman–Crippen LogP) is 3.55. The van der Waals surface area contributed by atoms with E-state index in [9.17, 15) is 0 Å². The van der Waals surface area contributed by atoms with Crippen LogP contribution in [0.25, 0.3) is 0 Å². The minimum atomic E-state index is 0.744. The molecule has 0 radical (unpaired) electrons. The summed E-state index contributed by atoms with van der Waals surface area (Å²) in [6.07, 6.45) is 4.49. The van der Waals surface area contributed by atoms with Crippen LogP contribution in [0.2, 0.25) is 0 Å². The first kappa shape index (κ1) is 19.2. The molecule has 2 saturated heterocycles. The maximum atomic E-state index is 5.41. The van der Waals surface area contributed by atoms with Crippen LogP contribution < -0.4 is 10.2 Å². The molecular weight excluding hydrogens is 348 g/mol. The minimum Gasteiger partial charge on any atom is -0.384 e. The van der Waals surface area contributed by atoms with Gasteiger partial charge in [0.2, 0.25) is 0 Å². The average Bonchev–Trinajstić information content (AvgIpc) is 2.76. The summed E-state index contributed by atoms with van der Waals surface area (Å²) in [7, 11) is 0. The number of morpholine rings is 1. The molecule has 2 fully saturated rings. The van der Waals surface area contributed by atoms with Crippen molar-refractivity contribution in [1.82, 2.24) is 9.88 Å². The first-order chi connectivity index (χ1) is 13.8. The Kier molecular flexibility index (Phi) is 6.45. The van der Waals surface area contributed by atoms with Crippen LogP contribution in [0.15, 0.2) is 42.6 Å². The third kappa shape index (κ3) is 5.24. The molecule has 0 atom stereocenters. The molecule has 3 heterocycles. The number of pyridine rings is 1. The van der Waals surface area contributed by atoms with Crippen molar-refractivity contribution in [1.29, 1.82) is 0 Å². The first-order valence-corrected chi connectivity index (χ1v) is 10.6. The summed E-state index contributed by atoms with van der Waals surface area (Å²) in [5.41, 5.74) is 3.88. The highest BCUT2D eigenvalue weighted by molar-refractivity contribution is 5.48. The Morgan fingerprint density at radius 2 is 1.75 bits per heavy atom. The fraction of sp³-hybridized carbons (Fsp3) is 0.522. The molecule has 4 rings (SSSR count). The summed E-state index contributed by atoms with van der Waals surface area (Å²) >= 11 is 0. The van der Waals surface area contributed by atoms with Crippen molar-refractivity contribution in [3.63, 3.8) is 0 Å². The van der Waals surface area contributed by atoms with Crippen LogP contribution in [0.5, 0.6) is 0 Å². The summed E-state index contributed by atoms with van der Waals surface area (Å²) in [5.74, 6) is 1.80. The quantitative estimate of drug-likeness (QED) is 0.830. The van der Waals surface area contributed by atoms with Crippen molar-refractivity contribution < 1.29 is 4.74 Å². The lowest BCUT2D eigenvalue weighted by molar-refractivity contribution is 0.122. The molecule has 0 aliphatic carbocycles. The lowest BCUT2D eigenvalue weighted by Crippen LogP contribution is -2.36. The van der Waals surface area contributed by atoms with Crippen LogP contribution >= 0.6 is 0 Å². The summed E-state index contributed by atoms with van der Waals surface area (Å²) in [5, 5.41) is 3.59. The highest BCUT2D eigenvalue weighted by Crippen LogP contribution is 2.21. The monoisotopic (exact) mass is 380 g/mol. The number of hydrogen-bond acceptors (Lipinski definition) is 5. The fourth-order valence-corrected chi connectivity index (χ4v) is 4.03. The van der Waals surface area contributed by atoms with Gasteiger partial charge < -0.3 is 15.0 Å². The molecule has 0 unspecified atom stereocenters. The molecule has 0 spiro atoms. The standard InChI is InChI=1S/C23H32N4O/c1-19-2-4-21(5-3-19)18-26-10-8-20(9-11-26)16-24-22-6-7-23(25-17-22)27-12-14-28-15-13-27/h2-7,17,20,24H,8-16,18H2,1H3. The molecule has 2 aliphatic rings. The van der Waals surface area contributed by atoms with Gasteiger partial charge in [-0.15, -0.1) is 0 Å². The van der Waals surface area contributed by atoms with Gasteiger partial charge in [0.05, 0.1) is 25.1 Å². The lowest BCUT2D eigenvalue weighted by atomic mass is 9.96. The number of likely N-dealkylation sites (tertiary alicyclic amines) is 1. The van der Waals surface area contributed by atoms with Gasteiger partial charge in [-0.25, -0.2) is 4.98 Å². The van der Waals surface area contributed by atoms with E-state index in [1.807, 2.05) is 6.20 Å². The van der Waals surface area contributed by atoms with E-state index < -0.39 is 0 Å². The minimum absolute atomic E-state index is 0.744. The second kappa shape index (κ2) is 9.39. The smallest absolute Gasteiger partial charge is 0.128 e. The van der Waals surface area contributed by atoms with Gasteiger partial charge in [0, 0.05) is 26.2 Å². The van der Waals surface area contributed by atoms with Crippen LogP contribution in [0, 0.1) is 12.8 Å². The number of hydrogen-bond donors (Lipinski definition) is 1. The topological polar surface area (TPSA) is 40.6 Å². The lowest BCUT2D eigenvalue weighted by Gasteiger charge is -2.32. The van der Waals surface area contributed by atoms with E-state index in [1.54, 1.807) is 0 Å². The molecule has 2 aromatic rings. The Balaban J connectivity index is 1.19. The van der Waals surface area contributed by atoms with Gasteiger partial charge in [-0.2, -0.15) is 0 Å². The number of piperidine rings is 1. The second-order valence-electron chi connectivity index (χ2n) is 8.09. The van der Waals surface area contributed by atoms with E-state index >= 15 is 0 Å². The van der Waals surface area contributed by atoms with Crippen molar-refractivity contribution >= 4 is 11.5 Å². The Labute approximate surface area is 168 Å². The van der Waals surface area contributed by atoms with Gasteiger partial charge in [0.1, 0.15) is 5.82 Å². The van der Waals surface area contributed by atoms with E-state index in [2.05, 4.69) is 63.4 Å². The molecule has 5 nitrogen and oxygen atoms in total. The molecule has 1 N–H and O–H groups in total. The number of ether oxygens (including phenoxy) is 1. The number of aromatic nitrogens is 1.